The maximum atomic E-state index is 4.82. The highest BCUT2D eigenvalue weighted by Crippen LogP contribution is 2.44. The van der Waals surface area contributed by atoms with Crippen molar-refractivity contribution < 1.29 is 0 Å². The van der Waals surface area contributed by atoms with Crippen LogP contribution in [0.3, 0.4) is 0 Å². The predicted molar refractivity (Wildman–Crippen MR) is 81.2 cm³/mol. The van der Waals surface area contributed by atoms with Gasteiger partial charge in [-0.15, -0.1) is 0 Å². The first-order chi connectivity index (χ1) is 9.16. The topological polar surface area (TPSA) is 12.4 Å². The number of hydrogen-bond donors (Lipinski definition) is 0. The van der Waals surface area contributed by atoms with Gasteiger partial charge >= 0.3 is 0 Å². The van der Waals surface area contributed by atoms with Gasteiger partial charge in [0.2, 0.25) is 0 Å². The molecule has 0 N–H and O–H groups in total. The number of rotatable bonds is 0. The van der Waals surface area contributed by atoms with Crippen LogP contribution in [-0.4, -0.2) is 5.71 Å². The summed E-state index contributed by atoms with van der Waals surface area (Å²) in [7, 11) is 0. The van der Waals surface area contributed by atoms with Gasteiger partial charge in [0, 0.05) is 16.7 Å². The summed E-state index contributed by atoms with van der Waals surface area (Å²) in [6, 6.07) is 10.7. The third-order valence-corrected chi connectivity index (χ3v) is 4.43. The summed E-state index contributed by atoms with van der Waals surface area (Å²) in [6.45, 7) is 6.60. The molecule has 0 spiro atoms. The first-order valence-corrected chi connectivity index (χ1v) is 6.68. The van der Waals surface area contributed by atoms with Crippen LogP contribution in [-0.2, 0) is 0 Å². The highest BCUT2D eigenvalue weighted by atomic mass is 14.8. The largest absolute Gasteiger partial charge is 0.247 e. The summed E-state index contributed by atoms with van der Waals surface area (Å²) in [6.07, 6.45) is 2.31. The van der Waals surface area contributed by atoms with Gasteiger partial charge in [-0.1, -0.05) is 18.2 Å². The molecule has 0 saturated heterocycles. The molecule has 0 saturated carbocycles. The van der Waals surface area contributed by atoms with Crippen LogP contribution >= 0.6 is 0 Å². The number of hydrogen-bond acceptors (Lipinski definition) is 1. The molecular weight excluding hydrogens is 230 g/mol. The van der Waals surface area contributed by atoms with Gasteiger partial charge in [0.1, 0.15) is 0 Å². The van der Waals surface area contributed by atoms with E-state index in [4.69, 9.17) is 4.99 Å². The lowest BCUT2D eigenvalue weighted by Gasteiger charge is -2.10. The molecule has 19 heavy (non-hydrogen) atoms. The van der Waals surface area contributed by atoms with Crippen molar-refractivity contribution in [3.8, 4) is 0 Å². The second kappa shape index (κ2) is 3.45. The molecule has 0 atom stereocenters. The van der Waals surface area contributed by atoms with E-state index in [9.17, 15) is 0 Å². The van der Waals surface area contributed by atoms with Crippen LogP contribution in [0.1, 0.15) is 33.4 Å². The van der Waals surface area contributed by atoms with Crippen molar-refractivity contribution in [3.63, 3.8) is 0 Å². The van der Waals surface area contributed by atoms with Gasteiger partial charge in [0.15, 0.2) is 0 Å². The first kappa shape index (κ1) is 10.7. The van der Waals surface area contributed by atoms with Crippen LogP contribution in [0.4, 0.5) is 5.69 Å². The summed E-state index contributed by atoms with van der Waals surface area (Å²) in [5.41, 5.74) is 11.6. The molecule has 2 aromatic rings. The zero-order chi connectivity index (χ0) is 13.1. The maximum absolute atomic E-state index is 4.82. The molecule has 4 rings (SSSR count). The van der Waals surface area contributed by atoms with Crippen LogP contribution < -0.4 is 0 Å². The summed E-state index contributed by atoms with van der Waals surface area (Å²) >= 11 is 0. The molecule has 0 fully saturated rings. The fourth-order valence-corrected chi connectivity index (χ4v) is 3.09. The lowest BCUT2D eigenvalue weighted by Crippen LogP contribution is -1.99. The van der Waals surface area contributed by atoms with Crippen molar-refractivity contribution in [1.29, 1.82) is 0 Å². The van der Waals surface area contributed by atoms with Crippen molar-refractivity contribution in [2.75, 3.05) is 0 Å². The average molecular weight is 245 g/mol. The van der Waals surface area contributed by atoms with Gasteiger partial charge in [-0.25, -0.2) is 4.99 Å². The van der Waals surface area contributed by atoms with Crippen LogP contribution in [0.2, 0.25) is 0 Å². The second-order valence-electron chi connectivity index (χ2n) is 5.44. The highest BCUT2D eigenvalue weighted by molar-refractivity contribution is 6.43. The molecular formula is C18H15N. The quantitative estimate of drug-likeness (QED) is 0.643. The van der Waals surface area contributed by atoms with E-state index in [0.29, 0.717) is 0 Å². The third-order valence-electron chi connectivity index (χ3n) is 4.43. The monoisotopic (exact) mass is 245 g/mol. The Morgan fingerprint density at radius 3 is 2.53 bits per heavy atom. The van der Waals surface area contributed by atoms with Crippen LogP contribution in [0.5, 0.6) is 0 Å². The van der Waals surface area contributed by atoms with Crippen molar-refractivity contribution in [2.24, 2.45) is 4.99 Å². The molecule has 0 aromatic heterocycles. The molecule has 0 bridgehead atoms. The Hall–Kier alpha value is -2.15. The summed E-state index contributed by atoms with van der Waals surface area (Å²) in [5, 5.41) is 0. The SMILES string of the molecule is Cc1cc2c(c(C)c1C)C=C1C2=Nc2ccccc21. The Morgan fingerprint density at radius 1 is 0.895 bits per heavy atom. The van der Waals surface area contributed by atoms with Gasteiger partial charge in [-0.3, -0.25) is 0 Å². The van der Waals surface area contributed by atoms with Crippen LogP contribution in [0.15, 0.2) is 35.3 Å². The van der Waals surface area contributed by atoms with E-state index in [1.807, 2.05) is 0 Å². The van der Waals surface area contributed by atoms with E-state index in [1.54, 1.807) is 0 Å². The molecule has 2 aliphatic rings. The lowest BCUT2D eigenvalue weighted by molar-refractivity contribution is 1.25. The molecule has 1 aliphatic carbocycles. The average Bonchev–Trinajstić information content (AvgIpc) is 2.93. The zero-order valence-electron chi connectivity index (χ0n) is 11.4. The summed E-state index contributed by atoms with van der Waals surface area (Å²) in [5.74, 6) is 0. The standard InChI is InChI=1S/C18H15N/c1-10-8-15-14(12(3)11(10)2)9-16-13-6-4-5-7-17(13)19-18(15)16/h4-9H,1-3H3. The van der Waals surface area contributed by atoms with Gasteiger partial charge in [0.05, 0.1) is 11.4 Å². The van der Waals surface area contributed by atoms with E-state index in [1.165, 1.54) is 39.0 Å². The lowest BCUT2D eigenvalue weighted by atomic mass is 9.95. The Kier molecular flexibility index (Phi) is 1.95. The first-order valence-electron chi connectivity index (χ1n) is 6.68. The Labute approximate surface area is 113 Å². The van der Waals surface area contributed by atoms with E-state index in [-0.39, 0.29) is 0 Å². The van der Waals surface area contributed by atoms with Gasteiger partial charge < -0.3 is 0 Å². The smallest absolute Gasteiger partial charge is 0.0795 e. The Morgan fingerprint density at radius 2 is 1.68 bits per heavy atom. The van der Waals surface area contributed by atoms with E-state index >= 15 is 0 Å². The second-order valence-corrected chi connectivity index (χ2v) is 5.44. The number of benzene rings is 2. The van der Waals surface area contributed by atoms with Gasteiger partial charge in [-0.2, -0.15) is 0 Å². The zero-order valence-corrected chi connectivity index (χ0v) is 11.4. The number of nitrogens with zero attached hydrogens (tertiary/aromatic N) is 1. The summed E-state index contributed by atoms with van der Waals surface area (Å²) in [4.78, 5) is 4.82. The number of aliphatic imine (C=N–C) groups is 1. The van der Waals surface area contributed by atoms with Crippen molar-refractivity contribution in [1.82, 2.24) is 0 Å². The molecule has 92 valence electrons. The van der Waals surface area contributed by atoms with Gasteiger partial charge in [0.25, 0.3) is 0 Å². The van der Waals surface area contributed by atoms with E-state index in [2.05, 4.69) is 57.2 Å². The molecule has 1 aliphatic heterocycles. The minimum Gasteiger partial charge on any atom is -0.247 e. The van der Waals surface area contributed by atoms with E-state index < -0.39 is 0 Å². The van der Waals surface area contributed by atoms with Crippen LogP contribution in [0, 0.1) is 20.8 Å². The Bertz CT molecular complexity index is 792. The predicted octanol–water partition coefficient (Wildman–Crippen LogP) is 4.60. The minimum absolute atomic E-state index is 1.10. The molecule has 2 aromatic carbocycles. The maximum Gasteiger partial charge on any atom is 0.0795 e. The van der Waals surface area contributed by atoms with Crippen molar-refractivity contribution in [3.05, 3.63) is 63.7 Å². The summed E-state index contributed by atoms with van der Waals surface area (Å²) < 4.78 is 0. The van der Waals surface area contributed by atoms with Crippen LogP contribution in [0.25, 0.3) is 11.6 Å². The molecule has 1 nitrogen and oxygen atoms in total. The number of para-hydroxylation sites is 1. The Balaban J connectivity index is 2.03. The third kappa shape index (κ3) is 1.27. The van der Waals surface area contributed by atoms with Crippen molar-refractivity contribution >= 4 is 23.0 Å². The number of fused-ring (bicyclic) bond motifs is 5. The number of allylic oxidation sites excluding steroid dienone is 1. The molecule has 0 unspecified atom stereocenters. The molecule has 1 heterocycles. The molecule has 1 heteroatoms. The van der Waals surface area contributed by atoms with Gasteiger partial charge in [-0.05, 0) is 61.2 Å². The fourth-order valence-electron chi connectivity index (χ4n) is 3.09. The molecule has 0 amide bonds. The van der Waals surface area contributed by atoms with Crippen molar-refractivity contribution in [2.45, 2.75) is 20.8 Å². The van der Waals surface area contributed by atoms with E-state index in [0.717, 1.165) is 11.4 Å². The minimum atomic E-state index is 1.10. The number of aryl methyl sites for hydroxylation is 1. The fraction of sp³-hybridized carbons (Fsp3) is 0.167. The normalized spacial score (nSPS) is 14.7. The highest BCUT2D eigenvalue weighted by Gasteiger charge is 2.29. The molecule has 0 radical (unpaired) electrons.